The van der Waals surface area contributed by atoms with Gasteiger partial charge >= 0.3 is 6.18 Å². The summed E-state index contributed by atoms with van der Waals surface area (Å²) in [5.74, 6) is -0.130. The third-order valence-electron chi connectivity index (χ3n) is 5.11. The van der Waals surface area contributed by atoms with Gasteiger partial charge in [-0.25, -0.2) is 4.98 Å². The SMILES string of the molecule is O=C(NC1CCOC1)c1ccnc(Cl)c1.O=CNCc1ccc(Nc2ccccc2C(F)(F)F)cc1. The summed E-state index contributed by atoms with van der Waals surface area (Å²) in [5.41, 5.74) is 1.22. The van der Waals surface area contributed by atoms with Crippen molar-refractivity contribution >= 4 is 35.3 Å². The number of aromatic nitrogens is 1. The third kappa shape index (κ3) is 8.24. The lowest BCUT2D eigenvalue weighted by Gasteiger charge is -2.14. The van der Waals surface area contributed by atoms with Crippen molar-refractivity contribution in [2.45, 2.75) is 25.2 Å². The van der Waals surface area contributed by atoms with Crippen LogP contribution in [-0.4, -0.2) is 36.6 Å². The van der Waals surface area contributed by atoms with Crippen molar-refractivity contribution < 1.29 is 27.5 Å². The van der Waals surface area contributed by atoms with Crippen LogP contribution in [0.1, 0.15) is 27.9 Å². The molecule has 1 unspecified atom stereocenters. The summed E-state index contributed by atoms with van der Waals surface area (Å²) in [6.07, 6.45) is -1.43. The molecule has 4 rings (SSSR count). The first kappa shape index (κ1) is 27.0. The number of amides is 2. The molecule has 0 saturated carbocycles. The van der Waals surface area contributed by atoms with Gasteiger partial charge in [0.25, 0.3) is 5.91 Å². The molecule has 3 N–H and O–H groups in total. The molecule has 1 aromatic heterocycles. The number of anilines is 2. The van der Waals surface area contributed by atoms with Gasteiger partial charge in [-0.1, -0.05) is 35.9 Å². The molecule has 11 heteroatoms. The zero-order valence-corrected chi connectivity index (χ0v) is 19.8. The van der Waals surface area contributed by atoms with Crippen molar-refractivity contribution in [1.82, 2.24) is 15.6 Å². The summed E-state index contributed by atoms with van der Waals surface area (Å²) < 4.78 is 43.8. The Morgan fingerprint density at radius 2 is 1.89 bits per heavy atom. The van der Waals surface area contributed by atoms with E-state index < -0.39 is 11.7 Å². The van der Waals surface area contributed by atoms with Gasteiger partial charge in [0.05, 0.1) is 23.9 Å². The fourth-order valence-electron chi connectivity index (χ4n) is 3.32. The van der Waals surface area contributed by atoms with E-state index in [0.717, 1.165) is 18.1 Å². The number of pyridine rings is 1. The molecule has 190 valence electrons. The van der Waals surface area contributed by atoms with E-state index in [4.69, 9.17) is 16.3 Å². The molecule has 0 radical (unpaired) electrons. The average molecular weight is 521 g/mol. The van der Waals surface area contributed by atoms with Gasteiger partial charge in [-0.2, -0.15) is 13.2 Å². The molecular formula is C25H24ClF3N4O3. The molecule has 3 aromatic rings. The summed E-state index contributed by atoms with van der Waals surface area (Å²) in [4.78, 5) is 25.7. The number of rotatable bonds is 7. The maximum absolute atomic E-state index is 12.9. The van der Waals surface area contributed by atoms with Gasteiger partial charge in [-0.05, 0) is 48.4 Å². The van der Waals surface area contributed by atoms with Crippen LogP contribution in [0.4, 0.5) is 24.5 Å². The summed E-state index contributed by atoms with van der Waals surface area (Å²) >= 11 is 5.69. The number of hydrogen-bond acceptors (Lipinski definition) is 5. The molecule has 0 aliphatic carbocycles. The number of para-hydroxylation sites is 1. The Bertz CT molecular complexity index is 1150. The van der Waals surface area contributed by atoms with E-state index in [0.29, 0.717) is 42.6 Å². The summed E-state index contributed by atoms with van der Waals surface area (Å²) in [5, 5.41) is 8.46. The number of carbonyl (C=O) groups is 2. The van der Waals surface area contributed by atoms with E-state index in [9.17, 15) is 22.8 Å². The highest BCUT2D eigenvalue weighted by atomic mass is 35.5. The number of hydrogen-bond donors (Lipinski definition) is 3. The lowest BCUT2D eigenvalue weighted by atomic mass is 10.1. The minimum atomic E-state index is -4.41. The molecule has 2 aromatic carbocycles. The highest BCUT2D eigenvalue weighted by Crippen LogP contribution is 2.35. The fourth-order valence-corrected chi connectivity index (χ4v) is 3.49. The van der Waals surface area contributed by atoms with Crippen molar-refractivity contribution in [1.29, 1.82) is 0 Å². The number of alkyl halides is 3. The molecule has 0 bridgehead atoms. The van der Waals surface area contributed by atoms with Gasteiger partial charge in [-0.3, -0.25) is 9.59 Å². The Hall–Kier alpha value is -3.63. The molecular weight excluding hydrogens is 497 g/mol. The zero-order valence-electron chi connectivity index (χ0n) is 19.0. The van der Waals surface area contributed by atoms with Crippen molar-refractivity contribution in [3.05, 3.63) is 88.7 Å². The van der Waals surface area contributed by atoms with E-state index in [-0.39, 0.29) is 17.6 Å². The average Bonchev–Trinajstić information content (AvgIpc) is 3.37. The number of halogens is 4. The predicted octanol–water partition coefficient (Wildman–Crippen LogP) is 4.95. The number of nitrogens with one attached hydrogen (secondary N) is 3. The first-order valence-corrected chi connectivity index (χ1v) is 11.3. The van der Waals surface area contributed by atoms with E-state index in [1.807, 2.05) is 0 Å². The quantitative estimate of drug-likeness (QED) is 0.303. The zero-order chi connectivity index (χ0) is 26.0. The van der Waals surface area contributed by atoms with Crippen LogP contribution in [0, 0.1) is 0 Å². The van der Waals surface area contributed by atoms with Gasteiger partial charge in [0, 0.05) is 30.6 Å². The lowest BCUT2D eigenvalue weighted by molar-refractivity contribution is -0.136. The minimum Gasteiger partial charge on any atom is -0.379 e. The Kier molecular flexibility index (Phi) is 9.66. The minimum absolute atomic E-state index is 0.00349. The molecule has 1 aliphatic rings. The van der Waals surface area contributed by atoms with Crippen LogP contribution in [0.15, 0.2) is 66.9 Å². The molecule has 1 fully saturated rings. The van der Waals surface area contributed by atoms with E-state index >= 15 is 0 Å². The number of benzene rings is 2. The fraction of sp³-hybridized carbons (Fsp3) is 0.240. The monoisotopic (exact) mass is 520 g/mol. The van der Waals surface area contributed by atoms with Gasteiger partial charge in [0.2, 0.25) is 6.41 Å². The maximum atomic E-state index is 12.9. The van der Waals surface area contributed by atoms with E-state index in [1.54, 1.807) is 42.5 Å². The summed E-state index contributed by atoms with van der Waals surface area (Å²) in [7, 11) is 0. The van der Waals surface area contributed by atoms with Gasteiger partial charge < -0.3 is 20.7 Å². The Balaban J connectivity index is 0.000000212. The Morgan fingerprint density at radius 3 is 2.53 bits per heavy atom. The topological polar surface area (TPSA) is 92.3 Å². The van der Waals surface area contributed by atoms with Gasteiger partial charge in [-0.15, -0.1) is 0 Å². The smallest absolute Gasteiger partial charge is 0.379 e. The van der Waals surface area contributed by atoms with Crippen LogP contribution in [-0.2, 0) is 22.3 Å². The Morgan fingerprint density at radius 1 is 1.14 bits per heavy atom. The first-order valence-electron chi connectivity index (χ1n) is 11.0. The third-order valence-corrected chi connectivity index (χ3v) is 5.32. The van der Waals surface area contributed by atoms with Gasteiger partial charge in [0.15, 0.2) is 0 Å². The highest BCUT2D eigenvalue weighted by Gasteiger charge is 2.33. The second kappa shape index (κ2) is 12.9. The summed E-state index contributed by atoms with van der Waals surface area (Å²) in [6.45, 7) is 1.68. The molecule has 36 heavy (non-hydrogen) atoms. The maximum Gasteiger partial charge on any atom is 0.418 e. The molecule has 1 aliphatic heterocycles. The first-order chi connectivity index (χ1) is 17.3. The molecule has 2 heterocycles. The van der Waals surface area contributed by atoms with Crippen LogP contribution in [0.2, 0.25) is 5.15 Å². The van der Waals surface area contributed by atoms with Crippen molar-refractivity contribution in [2.75, 3.05) is 18.5 Å². The standard InChI is InChI=1S/C15H13F3N2O.C10H11ClN2O2/c16-15(17,18)13-3-1-2-4-14(13)20-12-7-5-11(6-8-12)9-19-10-21;11-9-5-7(1-3-12-9)10(14)13-8-2-4-15-6-8/h1-8,10,20H,9H2,(H,19,21);1,3,5,8H,2,4,6H2,(H,13,14). The highest BCUT2D eigenvalue weighted by molar-refractivity contribution is 6.29. The van der Waals surface area contributed by atoms with Crippen LogP contribution in [0.3, 0.4) is 0 Å². The van der Waals surface area contributed by atoms with Crippen LogP contribution in [0.5, 0.6) is 0 Å². The van der Waals surface area contributed by atoms with Crippen molar-refractivity contribution in [3.63, 3.8) is 0 Å². The molecule has 0 spiro atoms. The number of ether oxygens (including phenoxy) is 1. The molecule has 1 saturated heterocycles. The van der Waals surface area contributed by atoms with E-state index in [1.165, 1.54) is 18.3 Å². The van der Waals surface area contributed by atoms with Crippen LogP contribution < -0.4 is 16.0 Å². The molecule has 7 nitrogen and oxygen atoms in total. The second-order valence-electron chi connectivity index (χ2n) is 7.77. The lowest BCUT2D eigenvalue weighted by Crippen LogP contribution is -2.34. The second-order valence-corrected chi connectivity index (χ2v) is 8.15. The number of carbonyl (C=O) groups excluding carboxylic acids is 2. The van der Waals surface area contributed by atoms with E-state index in [2.05, 4.69) is 20.9 Å². The van der Waals surface area contributed by atoms with Crippen LogP contribution in [0.25, 0.3) is 0 Å². The van der Waals surface area contributed by atoms with Crippen molar-refractivity contribution in [3.8, 4) is 0 Å². The van der Waals surface area contributed by atoms with Gasteiger partial charge in [0.1, 0.15) is 5.15 Å². The molecule has 2 amide bonds. The predicted molar refractivity (Wildman–Crippen MR) is 130 cm³/mol. The number of nitrogens with zero attached hydrogens (tertiary/aromatic N) is 1. The van der Waals surface area contributed by atoms with Crippen molar-refractivity contribution in [2.24, 2.45) is 0 Å². The largest absolute Gasteiger partial charge is 0.418 e. The Labute approximate surface area is 211 Å². The van der Waals surface area contributed by atoms with Crippen LogP contribution >= 0.6 is 11.6 Å². The summed E-state index contributed by atoms with van der Waals surface area (Å²) in [6, 6.07) is 15.4. The molecule has 1 atom stereocenters. The normalized spacial score (nSPS) is 14.8.